The molecule has 0 fully saturated rings. The van der Waals surface area contributed by atoms with Crippen LogP contribution in [0.25, 0.3) is 0 Å². The fraction of sp³-hybridized carbons (Fsp3) is 0. The average Bonchev–Trinajstić information content (AvgIpc) is 3.22. The van der Waals surface area contributed by atoms with Gasteiger partial charge >= 0.3 is 0 Å². The summed E-state index contributed by atoms with van der Waals surface area (Å²) >= 11 is 0. The second kappa shape index (κ2) is 8.16. The molecule has 0 bridgehead atoms. The summed E-state index contributed by atoms with van der Waals surface area (Å²) in [5.41, 5.74) is 1.05. The third-order valence-electron chi connectivity index (χ3n) is 4.79. The minimum atomic E-state index is -2.21. The molecule has 0 saturated heterocycles. The van der Waals surface area contributed by atoms with Crippen molar-refractivity contribution in [3.05, 3.63) is 115 Å². The Bertz CT molecular complexity index is 1120. The zero-order valence-electron chi connectivity index (χ0n) is 15.6. The van der Waals surface area contributed by atoms with Gasteiger partial charge in [-0.15, -0.1) is 0 Å². The molecule has 1 unspecified atom stereocenters. The topological polar surface area (TPSA) is 24.7 Å². The molecule has 0 saturated carbocycles. The summed E-state index contributed by atoms with van der Waals surface area (Å²) in [5, 5.41) is 3.78. The first-order valence-corrected chi connectivity index (χ1v) is 13.6. The SMILES string of the molecule is c1ccc(P(=NS2=Nc3ccccc3S2)(c2ccccc2)c2ccccc2)cc1. The van der Waals surface area contributed by atoms with Crippen molar-refractivity contribution in [2.24, 2.45) is 8.51 Å². The second-order valence-electron chi connectivity index (χ2n) is 6.60. The van der Waals surface area contributed by atoms with Crippen molar-refractivity contribution in [3.63, 3.8) is 0 Å². The molecule has 5 rings (SSSR count). The van der Waals surface area contributed by atoms with E-state index in [4.69, 9.17) is 8.51 Å². The largest absolute Gasteiger partial charge is 0.201 e. The van der Waals surface area contributed by atoms with Crippen molar-refractivity contribution in [1.29, 1.82) is 0 Å². The lowest BCUT2D eigenvalue weighted by molar-refractivity contribution is 1.42. The number of fused-ring (bicyclic) bond motifs is 1. The number of rotatable bonds is 4. The van der Waals surface area contributed by atoms with Crippen molar-refractivity contribution >= 4 is 49.4 Å². The Morgan fingerprint density at radius 1 is 0.586 bits per heavy atom. The van der Waals surface area contributed by atoms with Crippen LogP contribution >= 0.6 is 17.8 Å². The summed E-state index contributed by atoms with van der Waals surface area (Å²) < 4.78 is 10.5. The van der Waals surface area contributed by atoms with Crippen LogP contribution in [0.5, 0.6) is 0 Å². The molecule has 1 atom stereocenters. The number of hydrogen-bond donors (Lipinski definition) is 0. The Hall–Kier alpha value is -2.39. The van der Waals surface area contributed by atoms with E-state index in [-0.39, 0.29) is 0 Å². The van der Waals surface area contributed by atoms with E-state index >= 15 is 0 Å². The molecule has 4 aromatic rings. The van der Waals surface area contributed by atoms with E-state index in [1.807, 2.05) is 6.07 Å². The maximum Gasteiger partial charge on any atom is 0.0877 e. The van der Waals surface area contributed by atoms with Crippen LogP contribution in [0.3, 0.4) is 0 Å². The van der Waals surface area contributed by atoms with E-state index < -0.39 is 17.0 Å². The van der Waals surface area contributed by atoms with E-state index in [1.54, 1.807) is 10.8 Å². The minimum Gasteiger partial charge on any atom is -0.201 e. The summed E-state index contributed by atoms with van der Waals surface area (Å²) in [7, 11) is -0.917. The molecule has 0 N–H and O–H groups in total. The maximum atomic E-state index is 5.57. The smallest absolute Gasteiger partial charge is 0.0877 e. The quantitative estimate of drug-likeness (QED) is 0.278. The molecule has 0 spiro atoms. The first-order valence-electron chi connectivity index (χ1n) is 9.39. The third kappa shape index (κ3) is 3.53. The molecular weight excluding hydrogens is 411 g/mol. The first kappa shape index (κ1) is 18.6. The minimum absolute atomic E-state index is 0.479. The van der Waals surface area contributed by atoms with Gasteiger partial charge in [0, 0.05) is 20.8 Å². The first-order chi connectivity index (χ1) is 14.4. The highest BCUT2D eigenvalue weighted by Gasteiger charge is 2.29. The van der Waals surface area contributed by atoms with Gasteiger partial charge < -0.3 is 0 Å². The van der Waals surface area contributed by atoms with Crippen LogP contribution in [0, 0.1) is 0 Å². The van der Waals surface area contributed by atoms with Gasteiger partial charge in [-0.2, -0.15) is 4.36 Å². The van der Waals surface area contributed by atoms with Crippen LogP contribution < -0.4 is 15.9 Å². The van der Waals surface area contributed by atoms with E-state index in [1.165, 1.54) is 20.8 Å². The van der Waals surface area contributed by atoms with Crippen LogP contribution in [0.15, 0.2) is 129 Å². The zero-order valence-corrected chi connectivity index (χ0v) is 18.2. The molecule has 5 heteroatoms. The Balaban J connectivity index is 1.82. The van der Waals surface area contributed by atoms with Crippen LogP contribution in [0.4, 0.5) is 5.69 Å². The molecule has 142 valence electrons. The van der Waals surface area contributed by atoms with Gasteiger partial charge in [0.05, 0.1) is 22.7 Å². The van der Waals surface area contributed by atoms with Crippen molar-refractivity contribution in [2.75, 3.05) is 0 Å². The lowest BCUT2D eigenvalue weighted by Crippen LogP contribution is -2.25. The monoisotopic (exact) mass is 430 g/mol. The molecule has 0 aliphatic carbocycles. The van der Waals surface area contributed by atoms with Gasteiger partial charge in [-0.05, 0) is 22.9 Å². The summed E-state index contributed by atoms with van der Waals surface area (Å²) in [6.45, 7) is 0. The van der Waals surface area contributed by atoms with Gasteiger partial charge in [0.25, 0.3) is 0 Å². The van der Waals surface area contributed by atoms with Gasteiger partial charge in [0.2, 0.25) is 0 Å². The standard InChI is InChI=1S/C24H19N2PS2/c1-4-12-20(13-5-1)27(21-14-6-2-7-15-21,22-16-8-3-9-17-22)26-29-25-23-18-10-11-19-24(23)28-29/h1-19H. The zero-order chi connectivity index (χ0) is 19.5. The molecule has 1 aliphatic heterocycles. The highest BCUT2D eigenvalue weighted by atomic mass is 33.1. The molecule has 0 aromatic heterocycles. The molecule has 4 aromatic carbocycles. The van der Waals surface area contributed by atoms with Crippen molar-refractivity contribution in [1.82, 2.24) is 0 Å². The van der Waals surface area contributed by atoms with E-state index in [0.29, 0.717) is 0 Å². The fourth-order valence-electron chi connectivity index (χ4n) is 3.45. The molecule has 0 amide bonds. The Kier molecular flexibility index (Phi) is 5.24. The van der Waals surface area contributed by atoms with E-state index in [9.17, 15) is 0 Å². The highest BCUT2D eigenvalue weighted by molar-refractivity contribution is 8.70. The predicted octanol–water partition coefficient (Wildman–Crippen LogP) is 6.23. The molecule has 29 heavy (non-hydrogen) atoms. The van der Waals surface area contributed by atoms with E-state index in [2.05, 4.69) is 109 Å². The Morgan fingerprint density at radius 3 is 1.52 bits per heavy atom. The molecule has 1 aliphatic rings. The normalized spacial score (nSPS) is 15.4. The Morgan fingerprint density at radius 2 is 1.03 bits per heavy atom. The molecule has 1 heterocycles. The van der Waals surface area contributed by atoms with Crippen LogP contribution in [-0.4, -0.2) is 0 Å². The van der Waals surface area contributed by atoms with Crippen LogP contribution in [-0.2, 0) is 9.91 Å². The van der Waals surface area contributed by atoms with Gasteiger partial charge in [-0.25, -0.2) is 4.15 Å². The van der Waals surface area contributed by atoms with Crippen molar-refractivity contribution < 1.29 is 0 Å². The molecule has 0 radical (unpaired) electrons. The molecular formula is C24H19N2PS2. The lowest BCUT2D eigenvalue weighted by atomic mass is 10.3. The van der Waals surface area contributed by atoms with Gasteiger partial charge in [-0.3, -0.25) is 0 Å². The predicted molar refractivity (Wildman–Crippen MR) is 129 cm³/mol. The summed E-state index contributed by atoms with van der Waals surface area (Å²) in [6.07, 6.45) is 0. The summed E-state index contributed by atoms with van der Waals surface area (Å²) in [4.78, 5) is 1.21. The average molecular weight is 431 g/mol. The Labute approximate surface area is 177 Å². The van der Waals surface area contributed by atoms with Crippen LogP contribution in [0.1, 0.15) is 0 Å². The highest BCUT2D eigenvalue weighted by Crippen LogP contribution is 2.51. The molecule has 2 nitrogen and oxygen atoms in total. The number of nitrogens with zero attached hydrogens (tertiary/aromatic N) is 2. The van der Waals surface area contributed by atoms with Gasteiger partial charge in [0.15, 0.2) is 0 Å². The van der Waals surface area contributed by atoms with E-state index in [0.717, 1.165) is 5.69 Å². The van der Waals surface area contributed by atoms with Gasteiger partial charge in [0.1, 0.15) is 0 Å². The van der Waals surface area contributed by atoms with Crippen LogP contribution in [0.2, 0.25) is 0 Å². The summed E-state index contributed by atoms with van der Waals surface area (Å²) in [6, 6.07) is 40.5. The maximum absolute atomic E-state index is 5.57. The van der Waals surface area contributed by atoms with Crippen molar-refractivity contribution in [3.8, 4) is 0 Å². The number of hydrogen-bond acceptors (Lipinski definition) is 3. The lowest BCUT2D eigenvalue weighted by Gasteiger charge is -2.26. The summed E-state index contributed by atoms with van der Waals surface area (Å²) in [5.74, 6) is 0. The van der Waals surface area contributed by atoms with Crippen molar-refractivity contribution in [2.45, 2.75) is 4.90 Å². The second-order valence-corrected chi connectivity index (χ2v) is 12.7. The third-order valence-corrected chi connectivity index (χ3v) is 12.3. The van der Waals surface area contributed by atoms with Gasteiger partial charge in [-0.1, -0.05) is 103 Å². The number of benzene rings is 4. The fourth-order valence-corrected chi connectivity index (χ4v) is 11.8.